The second-order valence-corrected chi connectivity index (χ2v) is 7.48. The maximum Gasteiger partial charge on any atom is 0.307 e. The quantitative estimate of drug-likeness (QED) is 0.498. The number of anilines is 2. The van der Waals surface area contributed by atoms with E-state index in [1.165, 1.54) is 0 Å². The number of thiophene rings is 1. The molecule has 2 heterocycles. The molecule has 0 saturated heterocycles. The highest BCUT2D eigenvalue weighted by atomic mass is 32.1. The van der Waals surface area contributed by atoms with Gasteiger partial charge in [-0.1, -0.05) is 18.2 Å². The molecule has 0 saturated carbocycles. The Balaban J connectivity index is 1.95. The molecule has 0 aliphatic carbocycles. The Morgan fingerprint density at radius 3 is 2.61 bits per heavy atom. The summed E-state index contributed by atoms with van der Waals surface area (Å²) in [6.07, 6.45) is 2.47. The van der Waals surface area contributed by atoms with Crippen molar-refractivity contribution < 1.29 is 9.90 Å². The number of carboxylic acid groups (broad SMARTS) is 1. The van der Waals surface area contributed by atoms with Gasteiger partial charge in [0.2, 0.25) is 0 Å². The smallest absolute Gasteiger partial charge is 0.307 e. The van der Waals surface area contributed by atoms with E-state index in [1.54, 1.807) is 23.5 Å². The van der Waals surface area contributed by atoms with Gasteiger partial charge in [-0.2, -0.15) is 0 Å². The molecule has 2 aromatic heterocycles. The standard InChI is InChI=1S/C21H22N4O2S/c1-3-4-17-13(2)23-21(18-10-9-16(12-22)28-18)25-20(17)24-15-7-5-14(6-8-15)11-19(26)27/h3,5-10H,1,4,11-12,22H2,2H3,(H,26,27)(H,23,24,25). The fourth-order valence-electron chi connectivity index (χ4n) is 2.82. The summed E-state index contributed by atoms with van der Waals surface area (Å²) in [5, 5.41) is 12.3. The second-order valence-electron chi connectivity index (χ2n) is 6.32. The molecule has 6 nitrogen and oxygen atoms in total. The van der Waals surface area contributed by atoms with Crippen LogP contribution in [0.1, 0.15) is 21.7 Å². The summed E-state index contributed by atoms with van der Waals surface area (Å²) in [6, 6.07) is 11.3. The molecule has 0 spiro atoms. The van der Waals surface area contributed by atoms with Gasteiger partial charge in [-0.15, -0.1) is 17.9 Å². The van der Waals surface area contributed by atoms with Crippen LogP contribution in [0.15, 0.2) is 49.1 Å². The van der Waals surface area contributed by atoms with E-state index in [0.29, 0.717) is 18.8 Å². The van der Waals surface area contributed by atoms with E-state index >= 15 is 0 Å². The number of rotatable bonds is 8. The van der Waals surface area contributed by atoms with Gasteiger partial charge < -0.3 is 16.2 Å². The minimum absolute atomic E-state index is 0.000607. The summed E-state index contributed by atoms with van der Waals surface area (Å²) in [5.41, 5.74) is 9.16. The highest BCUT2D eigenvalue weighted by Gasteiger charge is 2.14. The van der Waals surface area contributed by atoms with E-state index in [9.17, 15) is 4.79 Å². The number of carbonyl (C=O) groups is 1. The van der Waals surface area contributed by atoms with Crippen LogP contribution in [0.2, 0.25) is 0 Å². The summed E-state index contributed by atoms with van der Waals surface area (Å²) >= 11 is 1.58. The lowest BCUT2D eigenvalue weighted by molar-refractivity contribution is -0.136. The van der Waals surface area contributed by atoms with Crippen molar-refractivity contribution in [2.75, 3.05) is 5.32 Å². The van der Waals surface area contributed by atoms with Gasteiger partial charge in [0.05, 0.1) is 11.3 Å². The van der Waals surface area contributed by atoms with E-state index in [4.69, 9.17) is 15.8 Å². The summed E-state index contributed by atoms with van der Waals surface area (Å²) in [6.45, 7) is 6.28. The zero-order valence-corrected chi connectivity index (χ0v) is 16.4. The van der Waals surface area contributed by atoms with Crippen LogP contribution >= 0.6 is 11.3 Å². The first-order chi connectivity index (χ1) is 13.5. The molecule has 4 N–H and O–H groups in total. The Kier molecular flexibility index (Phi) is 6.18. The lowest BCUT2D eigenvalue weighted by Gasteiger charge is -2.14. The van der Waals surface area contributed by atoms with Crippen LogP contribution in [-0.4, -0.2) is 21.0 Å². The molecular weight excluding hydrogens is 372 g/mol. The normalized spacial score (nSPS) is 10.6. The van der Waals surface area contributed by atoms with Crippen LogP contribution in [0, 0.1) is 6.92 Å². The first kappa shape index (κ1) is 19.7. The van der Waals surface area contributed by atoms with E-state index in [2.05, 4.69) is 16.9 Å². The van der Waals surface area contributed by atoms with Crippen molar-refractivity contribution in [3.8, 4) is 10.7 Å². The average Bonchev–Trinajstić information content (AvgIpc) is 3.15. The molecule has 0 amide bonds. The number of hydrogen-bond donors (Lipinski definition) is 3. The van der Waals surface area contributed by atoms with Gasteiger partial charge in [-0.05, 0) is 43.2 Å². The zero-order valence-electron chi connectivity index (χ0n) is 15.6. The number of carboxylic acids is 1. The molecule has 3 aromatic rings. The second kappa shape index (κ2) is 8.77. The van der Waals surface area contributed by atoms with Gasteiger partial charge in [-0.25, -0.2) is 9.97 Å². The van der Waals surface area contributed by atoms with Crippen molar-refractivity contribution in [1.29, 1.82) is 0 Å². The Bertz CT molecular complexity index is 996. The van der Waals surface area contributed by atoms with Gasteiger partial charge in [0, 0.05) is 28.4 Å². The molecule has 3 rings (SSSR count). The lowest BCUT2D eigenvalue weighted by atomic mass is 10.1. The van der Waals surface area contributed by atoms with Crippen LogP contribution < -0.4 is 11.1 Å². The minimum Gasteiger partial charge on any atom is -0.481 e. The summed E-state index contributed by atoms with van der Waals surface area (Å²) in [5.74, 6) is 0.522. The van der Waals surface area contributed by atoms with Gasteiger partial charge in [-0.3, -0.25) is 4.79 Å². The number of aromatic nitrogens is 2. The SMILES string of the molecule is C=CCc1c(C)nc(-c2ccc(CN)s2)nc1Nc1ccc(CC(=O)O)cc1. The fraction of sp³-hybridized carbons (Fsp3) is 0.190. The van der Waals surface area contributed by atoms with Crippen molar-refractivity contribution in [2.45, 2.75) is 26.3 Å². The summed E-state index contributed by atoms with van der Waals surface area (Å²) < 4.78 is 0. The summed E-state index contributed by atoms with van der Waals surface area (Å²) in [4.78, 5) is 22.3. The first-order valence-corrected chi connectivity index (χ1v) is 9.67. The molecule has 1 aromatic carbocycles. The van der Waals surface area contributed by atoms with Crippen molar-refractivity contribution in [1.82, 2.24) is 9.97 Å². The Morgan fingerprint density at radius 1 is 1.25 bits per heavy atom. The fourth-order valence-corrected chi connectivity index (χ4v) is 3.64. The van der Waals surface area contributed by atoms with Crippen LogP contribution in [0.25, 0.3) is 10.7 Å². The number of nitrogens with one attached hydrogen (secondary N) is 1. The molecule has 0 aliphatic heterocycles. The van der Waals surface area contributed by atoms with Crippen LogP contribution in [0.4, 0.5) is 11.5 Å². The van der Waals surface area contributed by atoms with E-state index < -0.39 is 5.97 Å². The number of nitrogens with two attached hydrogens (primary N) is 1. The van der Waals surface area contributed by atoms with E-state index in [-0.39, 0.29) is 6.42 Å². The molecule has 7 heteroatoms. The molecule has 0 radical (unpaired) electrons. The van der Waals surface area contributed by atoms with Crippen molar-refractivity contribution in [3.63, 3.8) is 0 Å². The Hall–Kier alpha value is -3.03. The number of nitrogens with zero attached hydrogens (tertiary/aromatic N) is 2. The third-order valence-corrected chi connectivity index (χ3v) is 5.32. The number of aliphatic carboxylic acids is 1. The van der Waals surface area contributed by atoms with Crippen LogP contribution in [0.3, 0.4) is 0 Å². The van der Waals surface area contributed by atoms with Crippen molar-refractivity contribution in [2.24, 2.45) is 5.73 Å². The average molecular weight is 395 g/mol. The highest BCUT2D eigenvalue weighted by molar-refractivity contribution is 7.15. The number of allylic oxidation sites excluding steroid dienone is 1. The third kappa shape index (κ3) is 4.62. The first-order valence-electron chi connectivity index (χ1n) is 8.85. The predicted octanol–water partition coefficient (Wildman–Crippen LogP) is 4.07. The Labute approximate surface area is 167 Å². The zero-order chi connectivity index (χ0) is 20.1. The van der Waals surface area contributed by atoms with E-state index in [1.807, 2.05) is 37.3 Å². The maximum absolute atomic E-state index is 10.8. The van der Waals surface area contributed by atoms with Crippen molar-refractivity contribution >= 4 is 28.8 Å². The van der Waals surface area contributed by atoms with Gasteiger partial charge in [0.25, 0.3) is 0 Å². The number of aryl methyl sites for hydroxylation is 1. The largest absolute Gasteiger partial charge is 0.481 e. The molecule has 0 bridgehead atoms. The molecule has 0 atom stereocenters. The maximum atomic E-state index is 10.8. The molecule has 0 fully saturated rings. The van der Waals surface area contributed by atoms with Gasteiger partial charge >= 0.3 is 5.97 Å². The monoisotopic (exact) mass is 394 g/mol. The predicted molar refractivity (Wildman–Crippen MR) is 113 cm³/mol. The number of hydrogen-bond acceptors (Lipinski definition) is 6. The molecule has 0 aliphatic rings. The molecule has 144 valence electrons. The summed E-state index contributed by atoms with van der Waals surface area (Å²) in [7, 11) is 0. The third-order valence-electron chi connectivity index (χ3n) is 4.22. The van der Waals surface area contributed by atoms with Gasteiger partial charge in [0.15, 0.2) is 5.82 Å². The molecule has 28 heavy (non-hydrogen) atoms. The number of benzene rings is 1. The Morgan fingerprint density at radius 2 is 2.00 bits per heavy atom. The minimum atomic E-state index is -0.849. The van der Waals surface area contributed by atoms with E-state index in [0.717, 1.165) is 38.1 Å². The van der Waals surface area contributed by atoms with Gasteiger partial charge in [0.1, 0.15) is 5.82 Å². The van der Waals surface area contributed by atoms with Crippen LogP contribution in [0.5, 0.6) is 0 Å². The lowest BCUT2D eigenvalue weighted by Crippen LogP contribution is -2.05. The van der Waals surface area contributed by atoms with Crippen LogP contribution in [-0.2, 0) is 24.2 Å². The topological polar surface area (TPSA) is 101 Å². The molecular formula is C21H22N4O2S. The molecule has 0 unspecified atom stereocenters. The highest BCUT2D eigenvalue weighted by Crippen LogP contribution is 2.30. The van der Waals surface area contributed by atoms with Crippen molar-refractivity contribution in [3.05, 3.63) is 70.8 Å².